The number of carbonyl (C=O) groups is 1. The van der Waals surface area contributed by atoms with Crippen molar-refractivity contribution in [3.63, 3.8) is 0 Å². The predicted octanol–water partition coefficient (Wildman–Crippen LogP) is 2.81. The van der Waals surface area contributed by atoms with Crippen LogP contribution in [0.5, 0.6) is 0 Å². The molecule has 4 rings (SSSR count). The number of H-pyrrole nitrogens is 1. The van der Waals surface area contributed by atoms with E-state index in [1.54, 1.807) is 0 Å². The molecule has 3 aromatic rings. The summed E-state index contributed by atoms with van der Waals surface area (Å²) in [6.07, 6.45) is 1.02. The summed E-state index contributed by atoms with van der Waals surface area (Å²) in [4.78, 5) is 15.8. The van der Waals surface area contributed by atoms with Crippen LogP contribution in [0.4, 0.5) is 0 Å². The topological polar surface area (TPSA) is 82.9 Å². The van der Waals surface area contributed by atoms with E-state index in [0.717, 1.165) is 29.4 Å². The molecule has 5 N–H and O–H groups in total. The molecule has 1 amide bonds. The van der Waals surface area contributed by atoms with Crippen LogP contribution in [-0.4, -0.2) is 36.6 Å². The average Bonchev–Trinajstić information content (AvgIpc) is 3.32. The standard InChI is InChI=1S/C22H26N4O/c1-14-2-4-16(5-3-14)17-6-7-18-10-21(26-20(18)9-17)22(27)25-13-19-8-15(11-23)12-24-19/h2-7,9-10,15,19,24,26H,8,11-13,23H2,1H3,(H,25,27)/t15-,19+/m1/s1. The van der Waals surface area contributed by atoms with E-state index in [4.69, 9.17) is 5.73 Å². The maximum Gasteiger partial charge on any atom is 0.267 e. The van der Waals surface area contributed by atoms with Gasteiger partial charge < -0.3 is 21.4 Å². The van der Waals surface area contributed by atoms with Gasteiger partial charge in [0.2, 0.25) is 0 Å². The van der Waals surface area contributed by atoms with Crippen LogP contribution in [0.15, 0.2) is 48.5 Å². The van der Waals surface area contributed by atoms with E-state index in [2.05, 4.69) is 65.0 Å². The second-order valence-corrected chi connectivity index (χ2v) is 7.50. The van der Waals surface area contributed by atoms with E-state index in [-0.39, 0.29) is 5.91 Å². The minimum absolute atomic E-state index is 0.0684. The normalized spacial score (nSPS) is 19.5. The fraction of sp³-hybridized carbons (Fsp3) is 0.318. The van der Waals surface area contributed by atoms with Crippen molar-refractivity contribution in [2.45, 2.75) is 19.4 Å². The SMILES string of the molecule is Cc1ccc(-c2ccc3cc(C(=O)NC[C@@H]4C[C@H](CN)CN4)[nH]c3c2)cc1. The number of rotatable bonds is 5. The van der Waals surface area contributed by atoms with Crippen LogP contribution in [0.1, 0.15) is 22.5 Å². The van der Waals surface area contributed by atoms with Gasteiger partial charge in [-0.25, -0.2) is 0 Å². The summed E-state index contributed by atoms with van der Waals surface area (Å²) < 4.78 is 0. The first-order valence-electron chi connectivity index (χ1n) is 9.54. The molecule has 0 radical (unpaired) electrons. The third kappa shape index (κ3) is 3.89. The molecule has 5 heteroatoms. The number of hydrogen-bond donors (Lipinski definition) is 4. The van der Waals surface area contributed by atoms with Gasteiger partial charge in [-0.3, -0.25) is 4.79 Å². The van der Waals surface area contributed by atoms with Crippen LogP contribution in [-0.2, 0) is 0 Å². The molecular weight excluding hydrogens is 336 g/mol. The molecule has 5 nitrogen and oxygen atoms in total. The quantitative estimate of drug-likeness (QED) is 0.563. The molecule has 1 fully saturated rings. The molecule has 27 heavy (non-hydrogen) atoms. The number of aromatic amines is 1. The van der Waals surface area contributed by atoms with Crippen LogP contribution in [0.3, 0.4) is 0 Å². The van der Waals surface area contributed by atoms with Gasteiger partial charge in [0, 0.05) is 23.5 Å². The summed E-state index contributed by atoms with van der Waals surface area (Å²) in [5, 5.41) is 7.48. The highest BCUT2D eigenvalue weighted by atomic mass is 16.1. The van der Waals surface area contributed by atoms with Crippen LogP contribution in [0.25, 0.3) is 22.0 Å². The first-order valence-corrected chi connectivity index (χ1v) is 9.54. The van der Waals surface area contributed by atoms with Gasteiger partial charge in [0.1, 0.15) is 5.69 Å². The minimum Gasteiger partial charge on any atom is -0.351 e. The summed E-state index contributed by atoms with van der Waals surface area (Å²) in [6, 6.07) is 16.9. The highest BCUT2D eigenvalue weighted by molar-refractivity contribution is 5.98. The molecule has 1 saturated heterocycles. The van der Waals surface area contributed by atoms with Gasteiger partial charge in [-0.2, -0.15) is 0 Å². The van der Waals surface area contributed by atoms with E-state index in [0.29, 0.717) is 30.7 Å². The number of fused-ring (bicyclic) bond motifs is 1. The van der Waals surface area contributed by atoms with Crippen molar-refractivity contribution in [1.82, 2.24) is 15.6 Å². The molecule has 0 spiro atoms. The highest BCUT2D eigenvalue weighted by Crippen LogP contribution is 2.25. The Labute approximate surface area is 159 Å². The summed E-state index contributed by atoms with van der Waals surface area (Å²) >= 11 is 0. The number of carbonyl (C=O) groups excluding carboxylic acids is 1. The lowest BCUT2D eigenvalue weighted by molar-refractivity contribution is 0.0946. The zero-order valence-electron chi connectivity index (χ0n) is 15.6. The second kappa shape index (κ2) is 7.55. The molecule has 1 aromatic heterocycles. The smallest absolute Gasteiger partial charge is 0.267 e. The van der Waals surface area contributed by atoms with Gasteiger partial charge in [0.15, 0.2) is 0 Å². The monoisotopic (exact) mass is 362 g/mol. The van der Waals surface area contributed by atoms with Crippen LogP contribution in [0.2, 0.25) is 0 Å². The Morgan fingerprint density at radius 2 is 1.93 bits per heavy atom. The second-order valence-electron chi connectivity index (χ2n) is 7.50. The average molecular weight is 362 g/mol. The molecular formula is C22H26N4O. The van der Waals surface area contributed by atoms with Gasteiger partial charge >= 0.3 is 0 Å². The molecule has 140 valence electrons. The fourth-order valence-corrected chi connectivity index (χ4v) is 3.72. The largest absolute Gasteiger partial charge is 0.351 e. The summed E-state index contributed by atoms with van der Waals surface area (Å²) in [5.74, 6) is 0.446. The molecule has 0 aliphatic carbocycles. The van der Waals surface area contributed by atoms with Gasteiger partial charge in [0.05, 0.1) is 0 Å². The zero-order valence-corrected chi connectivity index (χ0v) is 15.6. The van der Waals surface area contributed by atoms with Crippen LogP contribution in [0, 0.1) is 12.8 Å². The molecule has 0 unspecified atom stereocenters. The number of amides is 1. The van der Waals surface area contributed by atoms with Gasteiger partial charge in [-0.15, -0.1) is 0 Å². The summed E-state index contributed by atoms with van der Waals surface area (Å²) in [7, 11) is 0. The van der Waals surface area contributed by atoms with E-state index in [1.165, 1.54) is 11.1 Å². The molecule has 2 heterocycles. The Kier molecular flexibility index (Phi) is 4.97. The van der Waals surface area contributed by atoms with Gasteiger partial charge in [0.25, 0.3) is 5.91 Å². The molecule has 1 aliphatic rings. The van der Waals surface area contributed by atoms with Crippen molar-refractivity contribution in [2.75, 3.05) is 19.6 Å². The Balaban J connectivity index is 1.46. The van der Waals surface area contributed by atoms with Crippen molar-refractivity contribution >= 4 is 16.8 Å². The molecule has 1 aliphatic heterocycles. The Morgan fingerprint density at radius 1 is 1.15 bits per heavy atom. The first kappa shape index (κ1) is 17.8. The fourth-order valence-electron chi connectivity index (χ4n) is 3.72. The van der Waals surface area contributed by atoms with Crippen molar-refractivity contribution in [2.24, 2.45) is 11.7 Å². The van der Waals surface area contributed by atoms with E-state index < -0.39 is 0 Å². The first-order chi connectivity index (χ1) is 13.1. The van der Waals surface area contributed by atoms with Crippen LogP contribution >= 0.6 is 0 Å². The van der Waals surface area contributed by atoms with Gasteiger partial charge in [-0.1, -0.05) is 42.0 Å². The van der Waals surface area contributed by atoms with E-state index in [9.17, 15) is 4.79 Å². The maximum atomic E-state index is 12.5. The van der Waals surface area contributed by atoms with Crippen molar-refractivity contribution in [3.05, 3.63) is 59.8 Å². The van der Waals surface area contributed by atoms with Crippen molar-refractivity contribution < 1.29 is 4.79 Å². The number of aromatic nitrogens is 1. The molecule has 0 saturated carbocycles. The predicted molar refractivity (Wildman–Crippen MR) is 110 cm³/mol. The highest BCUT2D eigenvalue weighted by Gasteiger charge is 2.23. The number of hydrogen-bond acceptors (Lipinski definition) is 3. The number of nitrogens with one attached hydrogen (secondary N) is 3. The summed E-state index contributed by atoms with van der Waals surface area (Å²) in [5.41, 5.74) is 10.8. The molecule has 2 atom stereocenters. The zero-order chi connectivity index (χ0) is 18.8. The number of benzene rings is 2. The third-order valence-corrected chi connectivity index (χ3v) is 5.41. The Morgan fingerprint density at radius 3 is 2.67 bits per heavy atom. The minimum atomic E-state index is -0.0684. The summed E-state index contributed by atoms with van der Waals surface area (Å²) in [6.45, 7) is 4.34. The Hall–Kier alpha value is -2.63. The van der Waals surface area contributed by atoms with E-state index >= 15 is 0 Å². The maximum absolute atomic E-state index is 12.5. The lowest BCUT2D eigenvalue weighted by Gasteiger charge is -2.11. The van der Waals surface area contributed by atoms with Crippen LogP contribution < -0.4 is 16.4 Å². The Bertz CT molecular complexity index is 945. The number of aryl methyl sites for hydroxylation is 1. The van der Waals surface area contributed by atoms with Crippen molar-refractivity contribution in [3.8, 4) is 11.1 Å². The lowest BCUT2D eigenvalue weighted by atomic mass is 10.0. The van der Waals surface area contributed by atoms with Gasteiger partial charge in [-0.05, 0) is 55.6 Å². The third-order valence-electron chi connectivity index (χ3n) is 5.41. The lowest BCUT2D eigenvalue weighted by Crippen LogP contribution is -2.37. The molecule has 2 aromatic carbocycles. The number of nitrogens with two attached hydrogens (primary N) is 1. The van der Waals surface area contributed by atoms with Crippen molar-refractivity contribution in [1.29, 1.82) is 0 Å². The van der Waals surface area contributed by atoms with E-state index in [1.807, 2.05) is 6.07 Å². The molecule has 0 bridgehead atoms.